The number of hydrogen-bond donors (Lipinski definition) is 4. The number of aliphatic hydroxyl groups excluding tert-OH is 2. The van der Waals surface area contributed by atoms with Crippen LogP contribution < -0.4 is 5.73 Å². The fourth-order valence-corrected chi connectivity index (χ4v) is 5.58. The lowest BCUT2D eigenvalue weighted by Crippen LogP contribution is -2.32. The van der Waals surface area contributed by atoms with Crippen LogP contribution in [0.2, 0.25) is 0 Å². The van der Waals surface area contributed by atoms with Crippen LogP contribution in [0.5, 0.6) is 0 Å². The number of unbranched alkanes of at least 4 members (excludes halogenated alkanes) is 1. The number of nitrogens with two attached hydrogens (primary N) is 1. The number of fused-ring (bicyclic) bond motifs is 2. The molecule has 0 amide bonds. The smallest absolute Gasteiger partial charge is 0.167 e. The largest absolute Gasteiger partial charge is 0.387 e. The van der Waals surface area contributed by atoms with E-state index in [-0.39, 0.29) is 11.2 Å². The quantitative estimate of drug-likeness (QED) is 0.262. The fraction of sp³-hybridized carbons (Fsp3) is 0.520. The number of aromatic amines is 1. The second kappa shape index (κ2) is 9.97. The summed E-state index contributed by atoms with van der Waals surface area (Å²) in [7, 11) is 0. The van der Waals surface area contributed by atoms with Crippen LogP contribution in [-0.4, -0.2) is 69.5 Å². The third kappa shape index (κ3) is 4.93. The SMILES string of the molecule is CC(C)(C)c1ccc2nc(CCCCSCC3OC(n4cnc5c(N)ncnc54)C(O)C3O)[nH]c2c1. The number of aliphatic hydroxyl groups is 2. The van der Waals surface area contributed by atoms with Crippen LogP contribution in [0.4, 0.5) is 5.82 Å². The van der Waals surface area contributed by atoms with Gasteiger partial charge in [0, 0.05) is 12.2 Å². The van der Waals surface area contributed by atoms with Crippen molar-refractivity contribution in [2.45, 2.75) is 70.0 Å². The molecule has 4 aromatic rings. The van der Waals surface area contributed by atoms with Gasteiger partial charge in [0.2, 0.25) is 0 Å². The maximum atomic E-state index is 10.6. The number of benzene rings is 1. The molecule has 5 N–H and O–H groups in total. The van der Waals surface area contributed by atoms with Gasteiger partial charge in [0.15, 0.2) is 17.7 Å². The molecule has 1 aromatic carbocycles. The number of H-pyrrole nitrogens is 1. The highest BCUT2D eigenvalue weighted by molar-refractivity contribution is 7.99. The molecular formula is C25H33N7O3S. The van der Waals surface area contributed by atoms with Crippen molar-refractivity contribution in [3.63, 3.8) is 0 Å². The van der Waals surface area contributed by atoms with E-state index in [1.165, 1.54) is 18.2 Å². The summed E-state index contributed by atoms with van der Waals surface area (Å²) in [6.07, 6.45) is 2.43. The van der Waals surface area contributed by atoms with E-state index in [0.29, 0.717) is 16.9 Å². The second-order valence-electron chi connectivity index (χ2n) is 10.3. The molecule has 0 bridgehead atoms. The highest BCUT2D eigenvalue weighted by Gasteiger charge is 2.44. The van der Waals surface area contributed by atoms with Crippen molar-refractivity contribution >= 4 is 39.8 Å². The molecule has 36 heavy (non-hydrogen) atoms. The predicted octanol–water partition coefficient (Wildman–Crippen LogP) is 2.96. The van der Waals surface area contributed by atoms with Crippen LogP contribution in [0.3, 0.4) is 0 Å². The average molecular weight is 512 g/mol. The van der Waals surface area contributed by atoms with Crippen LogP contribution in [-0.2, 0) is 16.6 Å². The molecule has 4 unspecified atom stereocenters. The normalized spacial score (nSPS) is 22.7. The molecule has 11 heteroatoms. The monoisotopic (exact) mass is 511 g/mol. The maximum absolute atomic E-state index is 10.6. The number of imidazole rings is 2. The van der Waals surface area contributed by atoms with E-state index >= 15 is 0 Å². The molecule has 5 rings (SSSR count). The lowest BCUT2D eigenvalue weighted by atomic mass is 9.87. The zero-order valence-electron chi connectivity index (χ0n) is 20.8. The molecule has 4 atom stereocenters. The standard InChI is InChI=1S/C25H33N7O3S/c1-25(2,3)14-7-8-15-16(10-14)31-18(30-15)6-4-5-9-36-11-17-20(33)21(34)24(35-17)32-13-29-19-22(26)27-12-28-23(19)32/h7-8,10,12-13,17,20-21,24,33-34H,4-6,9,11H2,1-3H3,(H,30,31)(H2,26,27,28). The van der Waals surface area contributed by atoms with Gasteiger partial charge in [-0.2, -0.15) is 11.8 Å². The summed E-state index contributed by atoms with van der Waals surface area (Å²) < 4.78 is 7.61. The Morgan fingerprint density at radius 3 is 2.78 bits per heavy atom. The lowest BCUT2D eigenvalue weighted by molar-refractivity contribution is -0.0289. The van der Waals surface area contributed by atoms with E-state index < -0.39 is 24.5 Å². The Labute approximate surface area is 213 Å². The van der Waals surface area contributed by atoms with E-state index in [9.17, 15) is 10.2 Å². The molecule has 1 fully saturated rings. The van der Waals surface area contributed by atoms with Gasteiger partial charge in [0.1, 0.15) is 29.9 Å². The number of nitrogen functional groups attached to an aromatic ring is 1. The number of aromatic nitrogens is 6. The molecule has 4 heterocycles. The van der Waals surface area contributed by atoms with Crippen molar-refractivity contribution in [1.82, 2.24) is 29.5 Å². The summed E-state index contributed by atoms with van der Waals surface area (Å²) in [6, 6.07) is 6.45. The minimum atomic E-state index is -1.09. The number of nitrogens with zero attached hydrogens (tertiary/aromatic N) is 5. The Bertz CT molecular complexity index is 1350. The third-order valence-corrected chi connectivity index (χ3v) is 7.77. The van der Waals surface area contributed by atoms with Gasteiger partial charge in [-0.25, -0.2) is 19.9 Å². The molecule has 1 aliphatic rings. The van der Waals surface area contributed by atoms with Crippen LogP contribution in [0.25, 0.3) is 22.2 Å². The number of thioether (sulfide) groups is 1. The van der Waals surface area contributed by atoms with E-state index in [2.05, 4.69) is 58.9 Å². The summed E-state index contributed by atoms with van der Waals surface area (Å²) in [6.45, 7) is 6.64. The van der Waals surface area contributed by atoms with Gasteiger partial charge in [-0.3, -0.25) is 4.57 Å². The topological polar surface area (TPSA) is 148 Å². The Morgan fingerprint density at radius 2 is 1.97 bits per heavy atom. The molecule has 0 saturated carbocycles. The highest BCUT2D eigenvalue weighted by Crippen LogP contribution is 2.33. The van der Waals surface area contributed by atoms with Crippen LogP contribution >= 0.6 is 11.8 Å². The molecular weight excluding hydrogens is 478 g/mol. The molecule has 192 valence electrons. The van der Waals surface area contributed by atoms with Crippen molar-refractivity contribution < 1.29 is 14.9 Å². The first-order valence-electron chi connectivity index (χ1n) is 12.2. The van der Waals surface area contributed by atoms with E-state index in [1.807, 2.05) is 0 Å². The summed E-state index contributed by atoms with van der Waals surface area (Å²) in [4.78, 5) is 20.6. The minimum Gasteiger partial charge on any atom is -0.387 e. The Hall–Kier alpha value is -2.73. The maximum Gasteiger partial charge on any atom is 0.167 e. The van der Waals surface area contributed by atoms with Crippen molar-refractivity contribution in [1.29, 1.82) is 0 Å². The number of anilines is 1. The number of rotatable bonds is 8. The molecule has 1 saturated heterocycles. The van der Waals surface area contributed by atoms with Crippen LogP contribution in [0, 0.1) is 0 Å². The van der Waals surface area contributed by atoms with E-state index in [0.717, 1.165) is 41.9 Å². The third-order valence-electron chi connectivity index (χ3n) is 6.63. The van der Waals surface area contributed by atoms with Gasteiger partial charge >= 0.3 is 0 Å². The highest BCUT2D eigenvalue weighted by atomic mass is 32.2. The Kier molecular flexibility index (Phi) is 6.90. The molecule has 3 aromatic heterocycles. The van der Waals surface area contributed by atoms with Crippen molar-refractivity contribution in [2.75, 3.05) is 17.2 Å². The Balaban J connectivity index is 1.09. The van der Waals surface area contributed by atoms with Gasteiger partial charge in [-0.05, 0) is 41.7 Å². The van der Waals surface area contributed by atoms with Gasteiger partial charge in [-0.15, -0.1) is 0 Å². The molecule has 1 aliphatic heterocycles. The van der Waals surface area contributed by atoms with E-state index in [1.54, 1.807) is 16.3 Å². The van der Waals surface area contributed by atoms with Crippen molar-refractivity contribution in [2.24, 2.45) is 0 Å². The number of ether oxygens (including phenoxy) is 1. The number of hydrogen-bond acceptors (Lipinski definition) is 9. The van der Waals surface area contributed by atoms with Crippen LogP contribution in [0.1, 0.15) is 51.2 Å². The summed E-state index contributed by atoms with van der Waals surface area (Å²) >= 11 is 1.71. The van der Waals surface area contributed by atoms with Gasteiger partial charge in [-0.1, -0.05) is 26.8 Å². The summed E-state index contributed by atoms with van der Waals surface area (Å²) in [5.41, 5.74) is 10.3. The Morgan fingerprint density at radius 1 is 1.14 bits per heavy atom. The van der Waals surface area contributed by atoms with Crippen molar-refractivity contribution in [3.8, 4) is 0 Å². The zero-order valence-corrected chi connectivity index (χ0v) is 21.6. The molecule has 10 nitrogen and oxygen atoms in total. The first-order valence-corrected chi connectivity index (χ1v) is 13.4. The van der Waals surface area contributed by atoms with Gasteiger partial charge in [0.05, 0.1) is 23.5 Å². The first-order chi connectivity index (χ1) is 17.2. The van der Waals surface area contributed by atoms with Gasteiger partial charge < -0.3 is 25.7 Å². The molecule has 0 spiro atoms. The lowest BCUT2D eigenvalue weighted by Gasteiger charge is -2.18. The first kappa shape index (κ1) is 24.9. The second-order valence-corrected chi connectivity index (χ2v) is 11.5. The number of nitrogens with one attached hydrogen (secondary N) is 1. The van der Waals surface area contributed by atoms with Crippen molar-refractivity contribution in [3.05, 3.63) is 42.2 Å². The summed E-state index contributed by atoms with van der Waals surface area (Å²) in [5, 5.41) is 21.2. The minimum absolute atomic E-state index is 0.109. The average Bonchev–Trinajstić information content (AvgIpc) is 3.52. The fourth-order valence-electron chi connectivity index (χ4n) is 4.50. The van der Waals surface area contributed by atoms with E-state index in [4.69, 9.17) is 15.5 Å². The molecule has 0 aliphatic carbocycles. The number of aryl methyl sites for hydroxylation is 1. The summed E-state index contributed by atoms with van der Waals surface area (Å²) in [5.74, 6) is 2.79. The van der Waals surface area contributed by atoms with Crippen LogP contribution in [0.15, 0.2) is 30.9 Å². The predicted molar refractivity (Wildman–Crippen MR) is 141 cm³/mol. The molecule has 0 radical (unpaired) electrons. The van der Waals surface area contributed by atoms with Gasteiger partial charge in [0.25, 0.3) is 0 Å². The zero-order chi connectivity index (χ0) is 25.4.